The molecule has 6 heteroatoms. The molecule has 3 aromatic carbocycles. The number of rotatable bonds is 8. The molecule has 3 aromatic rings. The SMILES string of the molecule is CN(C)Cc1ccccc1CNC(=O)c1ccc(Oc2ccc(C(N)=O)cc2)cc1. The molecule has 0 bridgehead atoms. The molecule has 0 aliphatic heterocycles. The molecule has 0 unspecified atom stereocenters. The lowest BCUT2D eigenvalue weighted by molar-refractivity contribution is 0.0949. The predicted molar refractivity (Wildman–Crippen MR) is 116 cm³/mol. The van der Waals surface area contributed by atoms with Gasteiger partial charge in [0.1, 0.15) is 11.5 Å². The Morgan fingerprint density at radius 1 is 0.833 bits per heavy atom. The van der Waals surface area contributed by atoms with Crippen LogP contribution in [0.15, 0.2) is 72.8 Å². The van der Waals surface area contributed by atoms with Crippen LogP contribution in [0.25, 0.3) is 0 Å². The third-order valence-electron chi connectivity index (χ3n) is 4.54. The van der Waals surface area contributed by atoms with Crippen LogP contribution in [0.2, 0.25) is 0 Å². The second-order valence-corrected chi connectivity index (χ2v) is 7.20. The minimum Gasteiger partial charge on any atom is -0.457 e. The fourth-order valence-electron chi connectivity index (χ4n) is 3.00. The zero-order chi connectivity index (χ0) is 21.5. The maximum Gasteiger partial charge on any atom is 0.251 e. The Labute approximate surface area is 176 Å². The van der Waals surface area contributed by atoms with Gasteiger partial charge in [0, 0.05) is 24.2 Å². The van der Waals surface area contributed by atoms with Crippen LogP contribution in [-0.2, 0) is 13.1 Å². The van der Waals surface area contributed by atoms with Crippen molar-refractivity contribution in [1.29, 1.82) is 0 Å². The Balaban J connectivity index is 1.59. The summed E-state index contributed by atoms with van der Waals surface area (Å²) in [6.07, 6.45) is 0. The molecule has 0 fully saturated rings. The average Bonchev–Trinajstić information content (AvgIpc) is 2.73. The monoisotopic (exact) mass is 403 g/mol. The van der Waals surface area contributed by atoms with Crippen molar-refractivity contribution in [1.82, 2.24) is 10.2 Å². The van der Waals surface area contributed by atoms with Gasteiger partial charge >= 0.3 is 0 Å². The maximum absolute atomic E-state index is 12.5. The van der Waals surface area contributed by atoms with Gasteiger partial charge in [0.25, 0.3) is 5.91 Å². The van der Waals surface area contributed by atoms with E-state index in [1.807, 2.05) is 32.3 Å². The van der Waals surface area contributed by atoms with E-state index in [1.165, 1.54) is 5.56 Å². The summed E-state index contributed by atoms with van der Waals surface area (Å²) in [5.74, 6) is 0.540. The lowest BCUT2D eigenvalue weighted by atomic mass is 10.1. The molecule has 3 rings (SSSR count). The van der Waals surface area contributed by atoms with Gasteiger partial charge in [-0.2, -0.15) is 0 Å². The normalized spacial score (nSPS) is 10.6. The van der Waals surface area contributed by atoms with Crippen molar-refractivity contribution in [2.45, 2.75) is 13.1 Å². The van der Waals surface area contributed by atoms with Gasteiger partial charge in [0.15, 0.2) is 0 Å². The van der Waals surface area contributed by atoms with Crippen LogP contribution in [0.5, 0.6) is 11.5 Å². The Kier molecular flexibility index (Phi) is 6.83. The maximum atomic E-state index is 12.5. The van der Waals surface area contributed by atoms with E-state index in [1.54, 1.807) is 48.5 Å². The van der Waals surface area contributed by atoms with Crippen LogP contribution in [-0.4, -0.2) is 30.8 Å². The molecule has 0 aliphatic rings. The van der Waals surface area contributed by atoms with Gasteiger partial charge in [-0.05, 0) is 73.8 Å². The molecular weight excluding hydrogens is 378 g/mol. The molecule has 154 valence electrons. The largest absolute Gasteiger partial charge is 0.457 e. The summed E-state index contributed by atoms with van der Waals surface area (Å²) >= 11 is 0. The zero-order valence-corrected chi connectivity index (χ0v) is 17.1. The zero-order valence-electron chi connectivity index (χ0n) is 17.1. The minimum absolute atomic E-state index is 0.146. The summed E-state index contributed by atoms with van der Waals surface area (Å²) in [6, 6.07) is 21.5. The van der Waals surface area contributed by atoms with Crippen LogP contribution >= 0.6 is 0 Å². The van der Waals surface area contributed by atoms with E-state index < -0.39 is 5.91 Å². The van der Waals surface area contributed by atoms with Crippen LogP contribution < -0.4 is 15.8 Å². The molecule has 0 heterocycles. The van der Waals surface area contributed by atoms with Gasteiger partial charge in [-0.1, -0.05) is 24.3 Å². The molecule has 3 N–H and O–H groups in total. The number of ether oxygens (including phenoxy) is 1. The van der Waals surface area contributed by atoms with Gasteiger partial charge in [0.2, 0.25) is 5.91 Å². The van der Waals surface area contributed by atoms with E-state index in [2.05, 4.69) is 16.3 Å². The Hall–Kier alpha value is -3.64. The third-order valence-corrected chi connectivity index (χ3v) is 4.54. The van der Waals surface area contributed by atoms with Crippen molar-refractivity contribution in [2.24, 2.45) is 5.73 Å². The van der Waals surface area contributed by atoms with E-state index in [4.69, 9.17) is 10.5 Å². The molecule has 0 spiro atoms. The highest BCUT2D eigenvalue weighted by molar-refractivity contribution is 5.94. The molecule has 2 amide bonds. The summed E-state index contributed by atoms with van der Waals surface area (Å²) in [6.45, 7) is 1.28. The number of amides is 2. The summed E-state index contributed by atoms with van der Waals surface area (Å²) < 4.78 is 5.74. The van der Waals surface area contributed by atoms with Crippen molar-refractivity contribution in [3.63, 3.8) is 0 Å². The van der Waals surface area contributed by atoms with E-state index in [0.717, 1.165) is 12.1 Å². The summed E-state index contributed by atoms with van der Waals surface area (Å²) in [5, 5.41) is 2.97. The van der Waals surface area contributed by atoms with Gasteiger partial charge in [0.05, 0.1) is 0 Å². The lowest BCUT2D eigenvalue weighted by Gasteiger charge is -2.14. The molecule has 0 aromatic heterocycles. The second kappa shape index (κ2) is 9.71. The average molecular weight is 403 g/mol. The minimum atomic E-state index is -0.485. The number of hydrogen-bond acceptors (Lipinski definition) is 4. The standard InChI is InChI=1S/C24H25N3O3/c1-27(2)16-20-6-4-3-5-19(20)15-26-24(29)18-9-13-22(14-10-18)30-21-11-7-17(8-12-21)23(25)28/h3-14H,15-16H2,1-2H3,(H2,25,28)(H,26,29). The van der Waals surface area contributed by atoms with Crippen molar-refractivity contribution in [3.8, 4) is 11.5 Å². The molecule has 0 atom stereocenters. The highest BCUT2D eigenvalue weighted by Gasteiger charge is 2.09. The first-order valence-electron chi connectivity index (χ1n) is 9.60. The van der Waals surface area contributed by atoms with E-state index in [0.29, 0.717) is 29.2 Å². The number of benzene rings is 3. The van der Waals surface area contributed by atoms with Crippen LogP contribution in [0.1, 0.15) is 31.8 Å². The van der Waals surface area contributed by atoms with Crippen LogP contribution in [0, 0.1) is 0 Å². The lowest BCUT2D eigenvalue weighted by Crippen LogP contribution is -2.24. The number of primary amides is 1. The van der Waals surface area contributed by atoms with E-state index in [9.17, 15) is 9.59 Å². The van der Waals surface area contributed by atoms with Crippen LogP contribution in [0.4, 0.5) is 0 Å². The van der Waals surface area contributed by atoms with Gasteiger partial charge < -0.3 is 20.7 Å². The van der Waals surface area contributed by atoms with Gasteiger partial charge in [-0.15, -0.1) is 0 Å². The van der Waals surface area contributed by atoms with E-state index in [-0.39, 0.29) is 5.91 Å². The fourth-order valence-corrected chi connectivity index (χ4v) is 3.00. The number of nitrogens with one attached hydrogen (secondary N) is 1. The first kappa shape index (κ1) is 21.1. The molecule has 0 aliphatic carbocycles. The Morgan fingerprint density at radius 3 is 1.90 bits per heavy atom. The van der Waals surface area contributed by atoms with Gasteiger partial charge in [-0.3, -0.25) is 9.59 Å². The molecule has 30 heavy (non-hydrogen) atoms. The molecule has 0 saturated heterocycles. The summed E-state index contributed by atoms with van der Waals surface area (Å²) in [4.78, 5) is 25.7. The second-order valence-electron chi connectivity index (χ2n) is 7.20. The summed E-state index contributed by atoms with van der Waals surface area (Å²) in [5.41, 5.74) is 8.49. The Morgan fingerprint density at radius 2 is 1.37 bits per heavy atom. The topological polar surface area (TPSA) is 84.7 Å². The van der Waals surface area contributed by atoms with Crippen molar-refractivity contribution >= 4 is 11.8 Å². The number of carbonyl (C=O) groups excluding carboxylic acids is 2. The van der Waals surface area contributed by atoms with E-state index >= 15 is 0 Å². The van der Waals surface area contributed by atoms with Gasteiger partial charge in [-0.25, -0.2) is 0 Å². The first-order chi connectivity index (χ1) is 14.4. The first-order valence-corrected chi connectivity index (χ1v) is 9.60. The number of nitrogens with two attached hydrogens (primary N) is 1. The number of hydrogen-bond donors (Lipinski definition) is 2. The third kappa shape index (κ3) is 5.68. The smallest absolute Gasteiger partial charge is 0.251 e. The highest BCUT2D eigenvalue weighted by atomic mass is 16.5. The van der Waals surface area contributed by atoms with Crippen molar-refractivity contribution in [2.75, 3.05) is 14.1 Å². The van der Waals surface area contributed by atoms with Crippen molar-refractivity contribution in [3.05, 3.63) is 95.1 Å². The van der Waals surface area contributed by atoms with Crippen LogP contribution in [0.3, 0.4) is 0 Å². The predicted octanol–water partition coefficient (Wildman–Crippen LogP) is 3.57. The highest BCUT2D eigenvalue weighted by Crippen LogP contribution is 2.22. The molecular formula is C24H25N3O3. The van der Waals surface area contributed by atoms with Crippen molar-refractivity contribution < 1.29 is 14.3 Å². The molecule has 0 radical (unpaired) electrons. The molecule has 0 saturated carbocycles. The Bertz CT molecular complexity index is 1010. The summed E-state index contributed by atoms with van der Waals surface area (Å²) in [7, 11) is 4.04. The molecule has 6 nitrogen and oxygen atoms in total. The fraction of sp³-hybridized carbons (Fsp3) is 0.167. The number of nitrogens with zero attached hydrogens (tertiary/aromatic N) is 1. The quantitative estimate of drug-likeness (QED) is 0.602. The number of carbonyl (C=O) groups is 2.